The van der Waals surface area contributed by atoms with Gasteiger partial charge in [-0.3, -0.25) is 0 Å². The molecule has 7 heteroatoms. The van der Waals surface area contributed by atoms with E-state index in [-0.39, 0.29) is 17.3 Å². The lowest BCUT2D eigenvalue weighted by Gasteiger charge is -2.14. The maximum atomic E-state index is 13.5. The second kappa shape index (κ2) is 7.44. The smallest absolute Gasteiger partial charge is 0.335 e. The number of hydrogen-bond acceptors (Lipinski definition) is 3. The first-order valence-corrected chi connectivity index (χ1v) is 6.12. The van der Waals surface area contributed by atoms with Crippen molar-refractivity contribution in [1.29, 1.82) is 0 Å². The normalized spacial score (nSPS) is 11.8. The zero-order valence-corrected chi connectivity index (χ0v) is 11.3. The molecule has 1 aromatic carbocycles. The molecule has 1 aromatic rings. The van der Waals surface area contributed by atoms with Crippen LogP contribution in [0.1, 0.15) is 24.2 Å². The van der Waals surface area contributed by atoms with Crippen LogP contribution in [0.4, 0.5) is 14.9 Å². The van der Waals surface area contributed by atoms with Gasteiger partial charge in [-0.2, -0.15) is 0 Å². The molecular weight excluding hydrogens is 267 g/mol. The molecule has 3 N–H and O–H groups in total. The Balaban J connectivity index is 2.65. The molecule has 0 spiro atoms. The van der Waals surface area contributed by atoms with E-state index in [0.717, 1.165) is 18.2 Å². The number of carboxylic acids is 1. The Morgan fingerprint density at radius 1 is 1.45 bits per heavy atom. The van der Waals surface area contributed by atoms with E-state index in [2.05, 4.69) is 10.6 Å². The third kappa shape index (κ3) is 4.85. The monoisotopic (exact) mass is 284 g/mol. The van der Waals surface area contributed by atoms with Crippen molar-refractivity contribution in [2.45, 2.75) is 19.9 Å². The Bertz CT molecular complexity index is 493. The summed E-state index contributed by atoms with van der Waals surface area (Å²) < 4.78 is 18.6. The molecule has 0 bridgehead atoms. The average molecular weight is 284 g/mol. The van der Waals surface area contributed by atoms with Gasteiger partial charge in [0, 0.05) is 6.61 Å². The van der Waals surface area contributed by atoms with Crippen LogP contribution in [0.2, 0.25) is 0 Å². The summed E-state index contributed by atoms with van der Waals surface area (Å²) in [5.41, 5.74) is -0.296. The average Bonchev–Trinajstić information content (AvgIpc) is 2.38. The van der Waals surface area contributed by atoms with Crippen LogP contribution >= 0.6 is 0 Å². The molecule has 0 radical (unpaired) electrons. The van der Waals surface area contributed by atoms with Crippen molar-refractivity contribution in [2.24, 2.45) is 0 Å². The molecule has 20 heavy (non-hydrogen) atoms. The number of benzene rings is 1. The van der Waals surface area contributed by atoms with Gasteiger partial charge in [0.1, 0.15) is 5.82 Å². The fraction of sp³-hybridized carbons (Fsp3) is 0.385. The first-order valence-electron chi connectivity index (χ1n) is 6.12. The lowest BCUT2D eigenvalue weighted by atomic mass is 10.2. The minimum Gasteiger partial charge on any atom is -0.478 e. The molecule has 0 heterocycles. The van der Waals surface area contributed by atoms with Crippen molar-refractivity contribution in [3.05, 3.63) is 29.6 Å². The van der Waals surface area contributed by atoms with Gasteiger partial charge in [-0.05, 0) is 32.0 Å². The molecule has 0 aliphatic heterocycles. The topological polar surface area (TPSA) is 87.7 Å². The standard InChI is InChI=1S/C13H17FN2O4/c1-3-20-7-8(2)15-13(19)16-11-6-9(12(17)18)4-5-10(11)14/h4-6,8H,3,7H2,1-2H3,(H,17,18)(H2,15,16,19). The molecule has 0 saturated carbocycles. The van der Waals surface area contributed by atoms with E-state index in [1.54, 1.807) is 6.92 Å². The van der Waals surface area contributed by atoms with Crippen LogP contribution in [0.3, 0.4) is 0 Å². The molecule has 0 aromatic heterocycles. The van der Waals surface area contributed by atoms with Gasteiger partial charge >= 0.3 is 12.0 Å². The van der Waals surface area contributed by atoms with Gasteiger partial charge in [-0.15, -0.1) is 0 Å². The highest BCUT2D eigenvalue weighted by atomic mass is 19.1. The lowest BCUT2D eigenvalue weighted by molar-refractivity contribution is 0.0697. The van der Waals surface area contributed by atoms with Crippen molar-refractivity contribution in [3.63, 3.8) is 0 Å². The van der Waals surface area contributed by atoms with Crippen molar-refractivity contribution < 1.29 is 23.8 Å². The van der Waals surface area contributed by atoms with Crippen LogP contribution in [-0.2, 0) is 4.74 Å². The molecule has 0 saturated heterocycles. The molecule has 1 atom stereocenters. The number of hydrogen-bond donors (Lipinski definition) is 3. The number of urea groups is 1. The van der Waals surface area contributed by atoms with E-state index in [1.807, 2.05) is 6.92 Å². The number of amides is 2. The number of halogens is 1. The largest absolute Gasteiger partial charge is 0.478 e. The number of anilines is 1. The first-order chi connectivity index (χ1) is 9.43. The highest BCUT2D eigenvalue weighted by Gasteiger charge is 2.12. The maximum absolute atomic E-state index is 13.5. The van der Waals surface area contributed by atoms with Gasteiger partial charge in [-0.1, -0.05) is 0 Å². The summed E-state index contributed by atoms with van der Waals surface area (Å²) in [6, 6.07) is 2.30. The van der Waals surface area contributed by atoms with Crippen LogP contribution in [0.5, 0.6) is 0 Å². The van der Waals surface area contributed by atoms with Crippen molar-refractivity contribution in [1.82, 2.24) is 5.32 Å². The van der Waals surface area contributed by atoms with Crippen LogP contribution in [0.25, 0.3) is 0 Å². The number of ether oxygens (including phenoxy) is 1. The molecule has 0 fully saturated rings. The molecule has 0 aliphatic carbocycles. The summed E-state index contributed by atoms with van der Waals surface area (Å²) in [5, 5.41) is 13.6. The summed E-state index contributed by atoms with van der Waals surface area (Å²) >= 11 is 0. The maximum Gasteiger partial charge on any atom is 0.335 e. The third-order valence-electron chi connectivity index (χ3n) is 2.41. The van der Waals surface area contributed by atoms with E-state index in [0.29, 0.717) is 13.2 Å². The minimum absolute atomic E-state index is 0.107. The lowest BCUT2D eigenvalue weighted by Crippen LogP contribution is -2.39. The Kier molecular flexibility index (Phi) is 5.92. The van der Waals surface area contributed by atoms with Gasteiger partial charge in [-0.25, -0.2) is 14.0 Å². The number of carboxylic acid groups (broad SMARTS) is 1. The second-order valence-corrected chi connectivity index (χ2v) is 4.16. The zero-order chi connectivity index (χ0) is 15.1. The number of carbonyl (C=O) groups excluding carboxylic acids is 1. The van der Waals surface area contributed by atoms with E-state index in [1.165, 1.54) is 0 Å². The predicted octanol–water partition coefficient (Wildman–Crippen LogP) is 2.07. The minimum atomic E-state index is -1.20. The summed E-state index contributed by atoms with van der Waals surface area (Å²) in [5.74, 6) is -1.90. The summed E-state index contributed by atoms with van der Waals surface area (Å²) in [7, 11) is 0. The zero-order valence-electron chi connectivity index (χ0n) is 11.3. The summed E-state index contributed by atoms with van der Waals surface area (Å²) in [6.07, 6.45) is 0. The summed E-state index contributed by atoms with van der Waals surface area (Å²) in [6.45, 7) is 4.43. The molecular formula is C13H17FN2O4. The Hall–Kier alpha value is -2.15. The van der Waals surface area contributed by atoms with Crippen LogP contribution in [0, 0.1) is 5.82 Å². The Morgan fingerprint density at radius 3 is 2.75 bits per heavy atom. The molecule has 1 unspecified atom stereocenters. The number of carbonyl (C=O) groups is 2. The van der Waals surface area contributed by atoms with Gasteiger partial charge in [0.05, 0.1) is 23.9 Å². The summed E-state index contributed by atoms with van der Waals surface area (Å²) in [4.78, 5) is 22.4. The van der Waals surface area contributed by atoms with E-state index < -0.39 is 17.8 Å². The second-order valence-electron chi connectivity index (χ2n) is 4.16. The number of nitrogens with one attached hydrogen (secondary N) is 2. The molecule has 110 valence electrons. The Morgan fingerprint density at radius 2 is 2.15 bits per heavy atom. The van der Waals surface area contributed by atoms with E-state index in [4.69, 9.17) is 9.84 Å². The molecule has 1 rings (SSSR count). The van der Waals surface area contributed by atoms with Gasteiger partial charge < -0.3 is 20.5 Å². The Labute approximate surface area is 115 Å². The fourth-order valence-corrected chi connectivity index (χ4v) is 1.47. The quantitative estimate of drug-likeness (QED) is 0.746. The van der Waals surface area contributed by atoms with Gasteiger partial charge in [0.25, 0.3) is 0 Å². The highest BCUT2D eigenvalue weighted by molar-refractivity contribution is 5.93. The van der Waals surface area contributed by atoms with Crippen molar-refractivity contribution >= 4 is 17.7 Å². The van der Waals surface area contributed by atoms with Crippen molar-refractivity contribution in [2.75, 3.05) is 18.5 Å². The first kappa shape index (κ1) is 15.9. The molecule has 6 nitrogen and oxygen atoms in total. The van der Waals surface area contributed by atoms with Gasteiger partial charge in [0.15, 0.2) is 0 Å². The van der Waals surface area contributed by atoms with E-state index in [9.17, 15) is 14.0 Å². The molecule has 0 aliphatic rings. The predicted molar refractivity (Wildman–Crippen MR) is 71.5 cm³/mol. The van der Waals surface area contributed by atoms with Crippen LogP contribution in [-0.4, -0.2) is 36.4 Å². The van der Waals surface area contributed by atoms with Gasteiger partial charge in [0.2, 0.25) is 0 Å². The van der Waals surface area contributed by atoms with Crippen LogP contribution in [0.15, 0.2) is 18.2 Å². The SMILES string of the molecule is CCOCC(C)NC(=O)Nc1cc(C(=O)O)ccc1F. The van der Waals surface area contributed by atoms with Crippen molar-refractivity contribution in [3.8, 4) is 0 Å². The number of rotatable bonds is 6. The third-order valence-corrected chi connectivity index (χ3v) is 2.41. The fourth-order valence-electron chi connectivity index (χ4n) is 1.47. The number of aromatic carboxylic acids is 1. The van der Waals surface area contributed by atoms with E-state index >= 15 is 0 Å². The van der Waals surface area contributed by atoms with Crippen LogP contribution < -0.4 is 10.6 Å². The molecule has 2 amide bonds. The highest BCUT2D eigenvalue weighted by Crippen LogP contribution is 2.16.